The fourth-order valence-corrected chi connectivity index (χ4v) is 1.39. The molecule has 0 bridgehead atoms. The summed E-state index contributed by atoms with van der Waals surface area (Å²) in [6, 6.07) is 1.02. The lowest BCUT2D eigenvalue weighted by Gasteiger charge is -2.07. The van der Waals surface area contributed by atoms with Crippen LogP contribution in [0.3, 0.4) is 0 Å². The van der Waals surface area contributed by atoms with Crippen LogP contribution in [0.15, 0.2) is 6.07 Å². The number of carbonyl (C=O) groups excluding carboxylic acids is 1. The number of aromatic nitrogens is 1. The summed E-state index contributed by atoms with van der Waals surface area (Å²) < 4.78 is 1.34. The van der Waals surface area contributed by atoms with Crippen LogP contribution in [-0.4, -0.2) is 15.5 Å². The highest BCUT2D eigenvalue weighted by Gasteiger charge is 2.19. The van der Waals surface area contributed by atoms with E-state index in [2.05, 4.69) is 0 Å². The first-order valence-electron chi connectivity index (χ1n) is 4.04. The third-order valence-corrected chi connectivity index (χ3v) is 2.06. The van der Waals surface area contributed by atoms with Crippen molar-refractivity contribution in [1.82, 2.24) is 4.57 Å². The molecule has 14 heavy (non-hydrogen) atoms. The number of nitro groups is 1. The van der Waals surface area contributed by atoms with Crippen LogP contribution in [0.25, 0.3) is 0 Å². The Morgan fingerprint density at radius 3 is 2.50 bits per heavy atom. The van der Waals surface area contributed by atoms with Crippen molar-refractivity contribution in [2.45, 2.75) is 20.4 Å². The minimum atomic E-state index is -1.40. The molecule has 0 saturated heterocycles. The number of carboxylic acid groups (broad SMARTS) is 1. The van der Waals surface area contributed by atoms with Crippen LogP contribution >= 0.6 is 0 Å². The number of carbonyl (C=O) groups is 1. The number of carboxylic acids is 1. The predicted octanol–water partition coefficient (Wildman–Crippen LogP) is 0.0881. The Balaban J connectivity index is 3.39. The maximum atomic E-state index is 10.6. The van der Waals surface area contributed by atoms with Gasteiger partial charge in [0, 0.05) is 12.6 Å². The van der Waals surface area contributed by atoms with Gasteiger partial charge < -0.3 is 14.5 Å². The molecule has 0 N–H and O–H groups in total. The van der Waals surface area contributed by atoms with E-state index in [4.69, 9.17) is 0 Å². The zero-order chi connectivity index (χ0) is 10.9. The molecule has 0 aromatic carbocycles. The summed E-state index contributed by atoms with van der Waals surface area (Å²) in [5.41, 5.74) is -0.0144. The Labute approximate surface area is 79.9 Å². The van der Waals surface area contributed by atoms with Crippen LogP contribution in [-0.2, 0) is 6.54 Å². The third-order valence-electron chi connectivity index (χ3n) is 2.06. The summed E-state index contributed by atoms with van der Waals surface area (Å²) in [7, 11) is 0. The van der Waals surface area contributed by atoms with Gasteiger partial charge in [-0.2, -0.15) is 0 Å². The maximum Gasteiger partial charge on any atom is 0.290 e. The van der Waals surface area contributed by atoms with Gasteiger partial charge in [0.25, 0.3) is 5.69 Å². The van der Waals surface area contributed by atoms with Gasteiger partial charge in [0.2, 0.25) is 0 Å². The molecular weight excluding hydrogens is 188 g/mol. The molecule has 0 fully saturated rings. The zero-order valence-corrected chi connectivity index (χ0v) is 7.81. The minimum Gasteiger partial charge on any atom is -0.543 e. The van der Waals surface area contributed by atoms with Crippen molar-refractivity contribution < 1.29 is 14.8 Å². The predicted molar refractivity (Wildman–Crippen MR) is 45.8 cm³/mol. The molecule has 76 valence electrons. The smallest absolute Gasteiger partial charge is 0.290 e. The maximum absolute atomic E-state index is 10.6. The first-order chi connectivity index (χ1) is 6.49. The van der Waals surface area contributed by atoms with E-state index >= 15 is 0 Å². The number of nitrogens with zero attached hydrogens (tertiary/aromatic N) is 2. The number of rotatable bonds is 3. The molecule has 1 aromatic heterocycles. The molecule has 6 heteroatoms. The number of aromatic carboxylic acids is 1. The molecule has 0 radical (unpaired) electrons. The van der Waals surface area contributed by atoms with Gasteiger partial charge in [0.1, 0.15) is 0 Å². The standard InChI is InChI=1S/C8H10N2O4/c1-3-9-5(2)6(10(13)14)4-7(9)8(11)12/h4H,3H2,1-2H3,(H,11,12)/p-1. The van der Waals surface area contributed by atoms with Crippen LogP contribution in [0.2, 0.25) is 0 Å². The van der Waals surface area contributed by atoms with Gasteiger partial charge in [-0.05, 0) is 13.8 Å². The second-order valence-electron chi connectivity index (χ2n) is 2.79. The second-order valence-corrected chi connectivity index (χ2v) is 2.79. The van der Waals surface area contributed by atoms with Gasteiger partial charge in [-0.1, -0.05) is 0 Å². The number of hydrogen-bond acceptors (Lipinski definition) is 4. The largest absolute Gasteiger partial charge is 0.543 e. The van der Waals surface area contributed by atoms with E-state index in [9.17, 15) is 20.0 Å². The quantitative estimate of drug-likeness (QED) is 0.507. The molecule has 1 aromatic rings. The molecular formula is C8H9N2O4-. The minimum absolute atomic E-state index is 0.156. The highest BCUT2D eigenvalue weighted by atomic mass is 16.6. The summed E-state index contributed by atoms with van der Waals surface area (Å²) >= 11 is 0. The van der Waals surface area contributed by atoms with Crippen LogP contribution in [0.5, 0.6) is 0 Å². The lowest BCUT2D eigenvalue weighted by atomic mass is 10.4. The molecule has 0 aliphatic rings. The Hall–Kier alpha value is -1.85. The molecule has 0 saturated carbocycles. The van der Waals surface area contributed by atoms with Crippen LogP contribution in [0.4, 0.5) is 5.69 Å². The van der Waals surface area contributed by atoms with E-state index in [0.717, 1.165) is 6.07 Å². The summed E-state index contributed by atoms with van der Waals surface area (Å²) in [4.78, 5) is 20.5. The van der Waals surface area contributed by atoms with E-state index in [0.29, 0.717) is 12.2 Å². The third kappa shape index (κ3) is 1.46. The molecule has 0 atom stereocenters. The SMILES string of the molecule is CCn1c(C(=O)[O-])cc([N+](=O)[O-])c1C. The molecule has 0 aliphatic carbocycles. The van der Waals surface area contributed by atoms with Gasteiger partial charge in [-0.15, -0.1) is 0 Å². The molecule has 1 heterocycles. The first kappa shape index (κ1) is 10.2. The van der Waals surface area contributed by atoms with Crippen molar-refractivity contribution in [3.8, 4) is 0 Å². The van der Waals surface area contributed by atoms with E-state index in [1.54, 1.807) is 6.92 Å². The fraction of sp³-hybridized carbons (Fsp3) is 0.375. The Morgan fingerprint density at radius 2 is 2.21 bits per heavy atom. The monoisotopic (exact) mass is 197 g/mol. The Kier molecular flexibility index (Phi) is 2.55. The summed E-state index contributed by atoms with van der Waals surface area (Å²) in [6.07, 6.45) is 0. The summed E-state index contributed by atoms with van der Waals surface area (Å²) in [5.74, 6) is -1.40. The summed E-state index contributed by atoms with van der Waals surface area (Å²) in [6.45, 7) is 3.58. The van der Waals surface area contributed by atoms with Gasteiger partial charge >= 0.3 is 0 Å². The van der Waals surface area contributed by atoms with Crippen molar-refractivity contribution in [3.63, 3.8) is 0 Å². The van der Waals surface area contributed by atoms with E-state index in [1.165, 1.54) is 11.5 Å². The van der Waals surface area contributed by atoms with Crippen molar-refractivity contribution in [2.24, 2.45) is 0 Å². The molecule has 0 amide bonds. The second kappa shape index (κ2) is 3.49. The van der Waals surface area contributed by atoms with Gasteiger partial charge in [-0.25, -0.2) is 0 Å². The Morgan fingerprint density at radius 1 is 1.64 bits per heavy atom. The van der Waals surface area contributed by atoms with Crippen molar-refractivity contribution in [2.75, 3.05) is 0 Å². The zero-order valence-electron chi connectivity index (χ0n) is 7.81. The van der Waals surface area contributed by atoms with Gasteiger partial charge in [0.15, 0.2) is 0 Å². The number of hydrogen-bond donors (Lipinski definition) is 0. The van der Waals surface area contributed by atoms with Crippen LogP contribution in [0.1, 0.15) is 23.1 Å². The highest BCUT2D eigenvalue weighted by Crippen LogP contribution is 2.22. The molecule has 0 spiro atoms. The van der Waals surface area contributed by atoms with E-state index < -0.39 is 10.9 Å². The fourth-order valence-electron chi connectivity index (χ4n) is 1.39. The summed E-state index contributed by atoms with van der Waals surface area (Å²) in [5, 5.41) is 21.1. The topological polar surface area (TPSA) is 88.2 Å². The average molecular weight is 197 g/mol. The normalized spacial score (nSPS) is 10.1. The van der Waals surface area contributed by atoms with E-state index in [1.807, 2.05) is 0 Å². The van der Waals surface area contributed by atoms with E-state index in [-0.39, 0.29) is 11.4 Å². The highest BCUT2D eigenvalue weighted by molar-refractivity contribution is 5.85. The van der Waals surface area contributed by atoms with Crippen molar-refractivity contribution in [1.29, 1.82) is 0 Å². The van der Waals surface area contributed by atoms with Crippen molar-refractivity contribution >= 4 is 11.7 Å². The lowest BCUT2D eigenvalue weighted by molar-refractivity contribution is -0.385. The molecule has 0 unspecified atom stereocenters. The molecule has 1 rings (SSSR count). The van der Waals surface area contributed by atoms with Crippen LogP contribution < -0.4 is 5.11 Å². The van der Waals surface area contributed by atoms with Gasteiger partial charge in [0.05, 0.1) is 22.3 Å². The van der Waals surface area contributed by atoms with Gasteiger partial charge in [-0.3, -0.25) is 10.1 Å². The first-order valence-corrected chi connectivity index (χ1v) is 4.04. The molecule has 0 aliphatic heterocycles. The van der Waals surface area contributed by atoms with Crippen molar-refractivity contribution in [3.05, 3.63) is 27.6 Å². The lowest BCUT2D eigenvalue weighted by Crippen LogP contribution is -2.25. The van der Waals surface area contributed by atoms with Crippen LogP contribution in [0, 0.1) is 17.0 Å². The Bertz CT molecular complexity index is 394. The molecule has 6 nitrogen and oxygen atoms in total. The average Bonchev–Trinajstić information content (AvgIpc) is 2.42.